The lowest BCUT2D eigenvalue weighted by atomic mass is 10.1. The lowest BCUT2D eigenvalue weighted by molar-refractivity contribution is -0.137. The molecule has 0 unspecified atom stereocenters. The predicted octanol–water partition coefficient (Wildman–Crippen LogP) is 2.44. The average molecular weight is 342 g/mol. The molecule has 2 heterocycles. The summed E-state index contributed by atoms with van der Waals surface area (Å²) in [5.74, 6) is -0.315. The van der Waals surface area contributed by atoms with Crippen LogP contribution in [0, 0.1) is 0 Å². The fourth-order valence-electron chi connectivity index (χ4n) is 3.20. The van der Waals surface area contributed by atoms with Gasteiger partial charge in [-0.3, -0.25) is 9.59 Å². The molecule has 1 aromatic carbocycles. The van der Waals surface area contributed by atoms with Gasteiger partial charge in [-0.15, -0.1) is 0 Å². The second-order valence-corrected chi connectivity index (χ2v) is 5.89. The number of carbonyl (C=O) groups excluding carboxylic acids is 2. The lowest BCUT2D eigenvalue weighted by Crippen LogP contribution is -2.49. The molecule has 0 saturated carbocycles. The van der Waals surface area contributed by atoms with Crippen molar-refractivity contribution in [2.24, 2.45) is 0 Å². The van der Waals surface area contributed by atoms with Gasteiger partial charge in [0.25, 0.3) is 0 Å². The molecular weight excluding hydrogens is 325 g/mol. The molecule has 0 N–H and O–H groups in total. The highest BCUT2D eigenvalue weighted by Gasteiger charge is 2.38. The smallest absolute Gasteiger partial charge is 0.416 e. The standard InChI is InChI=1S/C16H17F3N2O3/c1-10(22)20-6-2-3-12(20)15(23)21-7-8-24-14-5-4-11(9-13(14)21)16(17,18)19/h4-5,9,12H,2-3,6-8H2,1H3/t12-/m0/s1. The van der Waals surface area contributed by atoms with E-state index >= 15 is 0 Å². The fraction of sp³-hybridized carbons (Fsp3) is 0.500. The van der Waals surface area contributed by atoms with Crippen LogP contribution in [0.2, 0.25) is 0 Å². The van der Waals surface area contributed by atoms with E-state index in [1.807, 2.05) is 0 Å². The number of halogens is 3. The second kappa shape index (κ2) is 5.99. The third kappa shape index (κ3) is 2.92. The Labute approximate surface area is 137 Å². The van der Waals surface area contributed by atoms with Gasteiger partial charge in [0.1, 0.15) is 18.4 Å². The minimum atomic E-state index is -4.50. The lowest BCUT2D eigenvalue weighted by Gasteiger charge is -2.34. The maximum Gasteiger partial charge on any atom is 0.416 e. The molecule has 0 bridgehead atoms. The Morgan fingerprint density at radius 3 is 2.67 bits per heavy atom. The van der Waals surface area contributed by atoms with Crippen molar-refractivity contribution in [1.29, 1.82) is 0 Å². The summed E-state index contributed by atoms with van der Waals surface area (Å²) >= 11 is 0. The third-order valence-electron chi connectivity index (χ3n) is 4.36. The van der Waals surface area contributed by atoms with Crippen LogP contribution in [0.1, 0.15) is 25.3 Å². The average Bonchev–Trinajstić information content (AvgIpc) is 3.02. The number of carbonyl (C=O) groups is 2. The van der Waals surface area contributed by atoms with Gasteiger partial charge in [0, 0.05) is 13.5 Å². The molecule has 8 heteroatoms. The molecule has 5 nitrogen and oxygen atoms in total. The molecule has 24 heavy (non-hydrogen) atoms. The highest BCUT2D eigenvalue weighted by atomic mass is 19.4. The molecule has 0 aliphatic carbocycles. The molecule has 3 rings (SSSR count). The highest BCUT2D eigenvalue weighted by molar-refractivity contribution is 6.00. The topological polar surface area (TPSA) is 49.9 Å². The number of rotatable bonds is 1. The molecule has 0 radical (unpaired) electrons. The van der Waals surface area contributed by atoms with Crippen LogP contribution >= 0.6 is 0 Å². The van der Waals surface area contributed by atoms with Crippen LogP contribution < -0.4 is 9.64 Å². The van der Waals surface area contributed by atoms with Crippen molar-refractivity contribution in [3.8, 4) is 5.75 Å². The number of fused-ring (bicyclic) bond motifs is 1. The summed E-state index contributed by atoms with van der Waals surface area (Å²) in [6, 6.07) is 2.47. The number of hydrogen-bond acceptors (Lipinski definition) is 3. The third-order valence-corrected chi connectivity index (χ3v) is 4.36. The summed E-state index contributed by atoms with van der Waals surface area (Å²) in [6.45, 7) is 2.25. The SMILES string of the molecule is CC(=O)N1CCC[C@H]1C(=O)N1CCOc2ccc(C(F)(F)F)cc21. The van der Waals surface area contributed by atoms with Gasteiger partial charge in [-0.25, -0.2) is 0 Å². The summed E-state index contributed by atoms with van der Waals surface area (Å²) in [5.41, 5.74) is -0.726. The van der Waals surface area contributed by atoms with E-state index in [4.69, 9.17) is 4.74 Å². The van der Waals surface area contributed by atoms with Crippen LogP contribution in [0.5, 0.6) is 5.75 Å². The largest absolute Gasteiger partial charge is 0.490 e. The van der Waals surface area contributed by atoms with Crippen molar-refractivity contribution in [1.82, 2.24) is 4.90 Å². The van der Waals surface area contributed by atoms with Crippen molar-refractivity contribution in [3.05, 3.63) is 23.8 Å². The molecule has 130 valence electrons. The van der Waals surface area contributed by atoms with E-state index in [-0.39, 0.29) is 36.4 Å². The molecule has 2 amide bonds. The van der Waals surface area contributed by atoms with Crippen molar-refractivity contribution in [2.45, 2.75) is 32.0 Å². The molecule has 1 saturated heterocycles. The Balaban J connectivity index is 1.94. The Bertz CT molecular complexity index is 675. The number of ether oxygens (including phenoxy) is 1. The summed E-state index contributed by atoms with van der Waals surface area (Å²) in [6.07, 6.45) is -3.28. The molecule has 0 aromatic heterocycles. The van der Waals surface area contributed by atoms with Crippen LogP contribution in [0.25, 0.3) is 0 Å². The zero-order valence-electron chi connectivity index (χ0n) is 13.1. The van der Waals surface area contributed by atoms with Gasteiger partial charge in [-0.1, -0.05) is 0 Å². The van der Waals surface area contributed by atoms with E-state index in [1.54, 1.807) is 0 Å². The van der Waals surface area contributed by atoms with E-state index in [2.05, 4.69) is 0 Å². The van der Waals surface area contributed by atoms with Gasteiger partial charge < -0.3 is 14.5 Å². The number of benzene rings is 1. The molecule has 0 spiro atoms. The van der Waals surface area contributed by atoms with Crippen molar-refractivity contribution >= 4 is 17.5 Å². The molecule has 2 aliphatic heterocycles. The van der Waals surface area contributed by atoms with E-state index in [0.29, 0.717) is 19.4 Å². The van der Waals surface area contributed by atoms with Crippen LogP contribution in [0.3, 0.4) is 0 Å². The monoisotopic (exact) mass is 342 g/mol. The normalized spacial score (nSPS) is 20.6. The first-order valence-corrected chi connectivity index (χ1v) is 7.71. The van der Waals surface area contributed by atoms with Crippen LogP contribution in [-0.2, 0) is 15.8 Å². The highest BCUT2D eigenvalue weighted by Crippen LogP contribution is 2.39. The first-order chi connectivity index (χ1) is 11.3. The number of alkyl halides is 3. The summed E-state index contributed by atoms with van der Waals surface area (Å²) in [7, 11) is 0. The Morgan fingerprint density at radius 1 is 1.25 bits per heavy atom. The van der Waals surface area contributed by atoms with Crippen LogP contribution in [-0.4, -0.2) is 42.5 Å². The Morgan fingerprint density at radius 2 is 2.00 bits per heavy atom. The van der Waals surface area contributed by atoms with Gasteiger partial charge >= 0.3 is 6.18 Å². The maximum absolute atomic E-state index is 13.0. The first-order valence-electron chi connectivity index (χ1n) is 7.71. The summed E-state index contributed by atoms with van der Waals surface area (Å²) in [4.78, 5) is 27.3. The second-order valence-electron chi connectivity index (χ2n) is 5.89. The van der Waals surface area contributed by atoms with Crippen molar-refractivity contribution in [3.63, 3.8) is 0 Å². The summed E-state index contributed by atoms with van der Waals surface area (Å²) in [5, 5.41) is 0. The molecule has 2 aliphatic rings. The van der Waals surface area contributed by atoms with Gasteiger partial charge in [0.2, 0.25) is 11.8 Å². The van der Waals surface area contributed by atoms with Gasteiger partial charge in [0.05, 0.1) is 17.8 Å². The number of amides is 2. The van der Waals surface area contributed by atoms with E-state index in [9.17, 15) is 22.8 Å². The number of hydrogen-bond donors (Lipinski definition) is 0. The first kappa shape index (κ1) is 16.6. The molecule has 1 fully saturated rings. The van der Waals surface area contributed by atoms with E-state index in [1.165, 1.54) is 22.8 Å². The minimum absolute atomic E-state index is 0.108. The van der Waals surface area contributed by atoms with Crippen molar-refractivity contribution < 1.29 is 27.5 Å². The minimum Gasteiger partial charge on any atom is -0.490 e. The van der Waals surface area contributed by atoms with Gasteiger partial charge in [-0.05, 0) is 31.0 Å². The quantitative estimate of drug-likeness (QED) is 0.788. The Hall–Kier alpha value is -2.25. The van der Waals surface area contributed by atoms with E-state index in [0.717, 1.165) is 12.1 Å². The molecular formula is C16H17F3N2O3. The van der Waals surface area contributed by atoms with Crippen LogP contribution in [0.4, 0.5) is 18.9 Å². The summed E-state index contributed by atoms with van der Waals surface area (Å²) < 4.78 is 44.2. The Kier molecular flexibility index (Phi) is 4.15. The number of anilines is 1. The maximum atomic E-state index is 13.0. The zero-order valence-corrected chi connectivity index (χ0v) is 13.1. The fourth-order valence-corrected chi connectivity index (χ4v) is 3.20. The van der Waals surface area contributed by atoms with E-state index < -0.39 is 17.8 Å². The number of likely N-dealkylation sites (tertiary alicyclic amines) is 1. The molecule has 1 atom stereocenters. The predicted molar refractivity (Wildman–Crippen MR) is 79.7 cm³/mol. The molecule has 1 aromatic rings. The van der Waals surface area contributed by atoms with Gasteiger partial charge in [0.15, 0.2) is 0 Å². The van der Waals surface area contributed by atoms with Crippen molar-refractivity contribution in [2.75, 3.05) is 24.6 Å². The van der Waals surface area contributed by atoms with Gasteiger partial charge in [-0.2, -0.15) is 13.2 Å². The zero-order chi connectivity index (χ0) is 17.5. The van der Waals surface area contributed by atoms with Crippen LogP contribution in [0.15, 0.2) is 18.2 Å². The number of nitrogens with zero attached hydrogens (tertiary/aromatic N) is 2.